The average molecular weight is 301 g/mol. The van der Waals surface area contributed by atoms with Crippen LogP contribution in [0.3, 0.4) is 0 Å². The SMILES string of the molecule is Cc1nn(C)c(=O)c(C(=O)N2CC(C3CC3)C2C2CC2)c1C. The lowest BCUT2D eigenvalue weighted by atomic mass is 9.80. The molecule has 3 aliphatic rings. The minimum atomic E-state index is -0.266. The molecule has 1 aromatic heterocycles. The van der Waals surface area contributed by atoms with Crippen molar-refractivity contribution < 1.29 is 4.79 Å². The minimum absolute atomic E-state index is 0.0719. The summed E-state index contributed by atoms with van der Waals surface area (Å²) in [7, 11) is 1.62. The van der Waals surface area contributed by atoms with Gasteiger partial charge < -0.3 is 4.90 Å². The molecule has 2 unspecified atom stereocenters. The van der Waals surface area contributed by atoms with Gasteiger partial charge in [0.2, 0.25) is 0 Å². The zero-order chi connectivity index (χ0) is 15.6. The van der Waals surface area contributed by atoms with Crippen LogP contribution < -0.4 is 5.56 Å². The van der Waals surface area contributed by atoms with E-state index in [1.807, 2.05) is 18.7 Å². The molecule has 118 valence electrons. The van der Waals surface area contributed by atoms with Crippen molar-refractivity contribution in [2.45, 2.75) is 45.6 Å². The molecule has 5 nitrogen and oxygen atoms in total. The maximum absolute atomic E-state index is 13.0. The van der Waals surface area contributed by atoms with Crippen molar-refractivity contribution in [2.24, 2.45) is 24.8 Å². The molecule has 0 spiro atoms. The first kappa shape index (κ1) is 14.0. The Balaban J connectivity index is 1.66. The monoisotopic (exact) mass is 301 g/mol. The van der Waals surface area contributed by atoms with E-state index in [0.717, 1.165) is 23.7 Å². The molecule has 0 radical (unpaired) electrons. The van der Waals surface area contributed by atoms with E-state index in [4.69, 9.17) is 0 Å². The molecule has 1 aromatic rings. The molecule has 22 heavy (non-hydrogen) atoms. The van der Waals surface area contributed by atoms with E-state index in [0.29, 0.717) is 23.4 Å². The van der Waals surface area contributed by atoms with Crippen molar-refractivity contribution in [3.05, 3.63) is 27.2 Å². The van der Waals surface area contributed by atoms with Crippen molar-refractivity contribution >= 4 is 5.91 Å². The van der Waals surface area contributed by atoms with Crippen molar-refractivity contribution in [3.8, 4) is 0 Å². The largest absolute Gasteiger partial charge is 0.334 e. The lowest BCUT2D eigenvalue weighted by molar-refractivity contribution is -0.00228. The molecular weight excluding hydrogens is 278 g/mol. The van der Waals surface area contributed by atoms with Crippen molar-refractivity contribution in [3.63, 3.8) is 0 Å². The Bertz CT molecular complexity index is 701. The summed E-state index contributed by atoms with van der Waals surface area (Å²) in [6.45, 7) is 4.53. The highest BCUT2D eigenvalue weighted by molar-refractivity contribution is 5.96. The first-order valence-corrected chi connectivity index (χ1v) is 8.34. The van der Waals surface area contributed by atoms with E-state index in [-0.39, 0.29) is 11.5 Å². The molecule has 4 rings (SSSR count). The molecule has 0 N–H and O–H groups in total. The lowest BCUT2D eigenvalue weighted by Gasteiger charge is -2.49. The molecule has 0 bridgehead atoms. The van der Waals surface area contributed by atoms with Gasteiger partial charge in [-0.25, -0.2) is 4.68 Å². The van der Waals surface area contributed by atoms with Crippen molar-refractivity contribution in [1.82, 2.24) is 14.7 Å². The van der Waals surface area contributed by atoms with Gasteiger partial charge >= 0.3 is 0 Å². The van der Waals surface area contributed by atoms with Gasteiger partial charge in [0.1, 0.15) is 5.56 Å². The van der Waals surface area contributed by atoms with Crippen molar-refractivity contribution in [1.29, 1.82) is 0 Å². The first-order chi connectivity index (χ1) is 10.5. The van der Waals surface area contributed by atoms with E-state index >= 15 is 0 Å². The normalized spacial score (nSPS) is 27.7. The van der Waals surface area contributed by atoms with E-state index in [1.165, 1.54) is 30.4 Å². The number of nitrogens with zero attached hydrogens (tertiary/aromatic N) is 3. The highest BCUT2D eigenvalue weighted by Gasteiger charge is 2.54. The lowest BCUT2D eigenvalue weighted by Crippen LogP contribution is -2.61. The second-order valence-electron chi connectivity index (χ2n) is 7.30. The Kier molecular flexibility index (Phi) is 2.97. The number of amides is 1. The quantitative estimate of drug-likeness (QED) is 0.853. The molecule has 2 aliphatic carbocycles. The van der Waals surface area contributed by atoms with Gasteiger partial charge in [-0.3, -0.25) is 9.59 Å². The summed E-state index contributed by atoms with van der Waals surface area (Å²) in [6.07, 6.45) is 5.13. The molecule has 0 aromatic carbocycles. The predicted octanol–water partition coefficient (Wildman–Crippen LogP) is 1.66. The van der Waals surface area contributed by atoms with Crippen LogP contribution in [-0.2, 0) is 7.05 Å². The Labute approximate surface area is 130 Å². The second kappa shape index (κ2) is 4.67. The summed E-state index contributed by atoms with van der Waals surface area (Å²) >= 11 is 0. The average Bonchev–Trinajstić information content (AvgIpc) is 3.29. The van der Waals surface area contributed by atoms with Crippen LogP contribution in [0.2, 0.25) is 0 Å². The fourth-order valence-corrected chi connectivity index (χ4v) is 4.01. The molecular formula is C17H23N3O2. The summed E-state index contributed by atoms with van der Waals surface area (Å²) in [4.78, 5) is 27.4. The summed E-state index contributed by atoms with van der Waals surface area (Å²) in [5.41, 5.74) is 1.55. The number of aromatic nitrogens is 2. The zero-order valence-electron chi connectivity index (χ0n) is 13.5. The van der Waals surface area contributed by atoms with Gasteiger partial charge in [0.05, 0.1) is 5.69 Å². The van der Waals surface area contributed by atoms with Crippen LogP contribution in [0.15, 0.2) is 4.79 Å². The third-order valence-corrected chi connectivity index (χ3v) is 5.74. The number of aryl methyl sites for hydroxylation is 2. The van der Waals surface area contributed by atoms with Crippen LogP contribution in [0.1, 0.15) is 47.3 Å². The highest BCUT2D eigenvalue weighted by atomic mass is 16.2. The highest BCUT2D eigenvalue weighted by Crippen LogP contribution is 2.52. The summed E-state index contributed by atoms with van der Waals surface area (Å²) < 4.78 is 1.29. The van der Waals surface area contributed by atoms with Crippen LogP contribution in [0.4, 0.5) is 0 Å². The Morgan fingerprint density at radius 2 is 1.77 bits per heavy atom. The maximum atomic E-state index is 13.0. The first-order valence-electron chi connectivity index (χ1n) is 8.34. The van der Waals surface area contributed by atoms with Crippen LogP contribution >= 0.6 is 0 Å². The molecule has 2 saturated carbocycles. The predicted molar refractivity (Wildman–Crippen MR) is 82.7 cm³/mol. The molecule has 3 fully saturated rings. The van der Waals surface area contributed by atoms with E-state index in [9.17, 15) is 9.59 Å². The van der Waals surface area contributed by atoms with Crippen LogP contribution in [0, 0.1) is 31.6 Å². The van der Waals surface area contributed by atoms with Crippen LogP contribution in [0.5, 0.6) is 0 Å². The molecule has 1 aliphatic heterocycles. The topological polar surface area (TPSA) is 55.2 Å². The maximum Gasteiger partial charge on any atom is 0.279 e. The number of hydrogen-bond donors (Lipinski definition) is 0. The van der Waals surface area contributed by atoms with Crippen molar-refractivity contribution in [2.75, 3.05) is 6.54 Å². The smallest absolute Gasteiger partial charge is 0.279 e. The van der Waals surface area contributed by atoms with E-state index in [2.05, 4.69) is 5.10 Å². The molecule has 1 saturated heterocycles. The van der Waals surface area contributed by atoms with Crippen LogP contribution in [0.25, 0.3) is 0 Å². The van der Waals surface area contributed by atoms with Gasteiger partial charge in [0.15, 0.2) is 0 Å². The third-order valence-electron chi connectivity index (χ3n) is 5.74. The van der Waals surface area contributed by atoms with Gasteiger partial charge in [-0.05, 0) is 56.9 Å². The Morgan fingerprint density at radius 3 is 2.36 bits per heavy atom. The fraction of sp³-hybridized carbons (Fsp3) is 0.706. The molecule has 5 heteroatoms. The van der Waals surface area contributed by atoms with Gasteiger partial charge in [-0.15, -0.1) is 0 Å². The number of rotatable bonds is 3. The number of likely N-dealkylation sites (tertiary alicyclic amines) is 1. The standard InChI is InChI=1S/C17H23N3O2/c1-9-10(2)18-19(3)16(21)14(9)17(22)20-8-13(11-4-5-11)15(20)12-6-7-12/h11-13,15H,4-8H2,1-3H3. The van der Waals surface area contributed by atoms with Crippen LogP contribution in [-0.4, -0.2) is 33.2 Å². The molecule has 2 heterocycles. The van der Waals surface area contributed by atoms with Gasteiger partial charge in [0, 0.05) is 25.6 Å². The fourth-order valence-electron chi connectivity index (χ4n) is 4.01. The Morgan fingerprint density at radius 1 is 1.14 bits per heavy atom. The number of carbonyl (C=O) groups is 1. The van der Waals surface area contributed by atoms with Gasteiger partial charge in [-0.2, -0.15) is 5.10 Å². The zero-order valence-corrected chi connectivity index (χ0v) is 13.5. The third kappa shape index (κ3) is 2.02. The van der Waals surface area contributed by atoms with E-state index in [1.54, 1.807) is 7.05 Å². The number of carbonyl (C=O) groups excluding carboxylic acids is 1. The van der Waals surface area contributed by atoms with Gasteiger partial charge in [0.25, 0.3) is 11.5 Å². The minimum Gasteiger partial charge on any atom is -0.334 e. The Hall–Kier alpha value is -1.65. The second-order valence-corrected chi connectivity index (χ2v) is 7.30. The summed E-state index contributed by atoms with van der Waals surface area (Å²) in [6, 6.07) is 0.387. The summed E-state index contributed by atoms with van der Waals surface area (Å²) in [5, 5.41) is 4.17. The molecule has 2 atom stereocenters. The summed E-state index contributed by atoms with van der Waals surface area (Å²) in [5.74, 6) is 2.12. The van der Waals surface area contributed by atoms with E-state index < -0.39 is 0 Å². The number of hydrogen-bond acceptors (Lipinski definition) is 3. The van der Waals surface area contributed by atoms with Gasteiger partial charge in [-0.1, -0.05) is 0 Å². The molecule has 1 amide bonds.